The van der Waals surface area contributed by atoms with E-state index in [1.54, 1.807) is 4.90 Å². The summed E-state index contributed by atoms with van der Waals surface area (Å²) in [5.74, 6) is 0.118. The number of ether oxygens (including phenoxy) is 2. The van der Waals surface area contributed by atoms with Crippen molar-refractivity contribution < 1.29 is 19.1 Å². The van der Waals surface area contributed by atoms with Crippen molar-refractivity contribution in [2.75, 3.05) is 39.4 Å². The first-order chi connectivity index (χ1) is 9.71. The van der Waals surface area contributed by atoms with Gasteiger partial charge in [-0.25, -0.2) is 4.79 Å². The van der Waals surface area contributed by atoms with Gasteiger partial charge < -0.3 is 19.3 Å². The zero-order valence-corrected chi connectivity index (χ0v) is 13.5. The molecule has 2 fully saturated rings. The summed E-state index contributed by atoms with van der Waals surface area (Å²) in [4.78, 5) is 28.0. The van der Waals surface area contributed by atoms with Gasteiger partial charge in [0.1, 0.15) is 5.60 Å². The smallest absolute Gasteiger partial charge is 0.410 e. The van der Waals surface area contributed by atoms with Crippen LogP contribution in [0.1, 0.15) is 34.1 Å². The molecule has 6 heteroatoms. The van der Waals surface area contributed by atoms with Crippen molar-refractivity contribution in [3.8, 4) is 0 Å². The summed E-state index contributed by atoms with van der Waals surface area (Å²) in [6.07, 6.45) is 0.532. The maximum absolute atomic E-state index is 12.6. The molecule has 0 spiro atoms. The molecule has 2 rings (SSSR count). The molecular formula is C15H26N2O4. The summed E-state index contributed by atoms with van der Waals surface area (Å²) < 4.78 is 10.7. The number of hydrogen-bond donors (Lipinski definition) is 0. The van der Waals surface area contributed by atoms with Crippen LogP contribution >= 0.6 is 0 Å². The number of amides is 2. The number of hydrogen-bond acceptors (Lipinski definition) is 4. The van der Waals surface area contributed by atoms with Gasteiger partial charge in [0.05, 0.1) is 12.0 Å². The Morgan fingerprint density at radius 3 is 2.38 bits per heavy atom. The molecule has 0 aliphatic carbocycles. The molecule has 2 aliphatic heterocycles. The van der Waals surface area contributed by atoms with E-state index in [1.165, 1.54) is 0 Å². The number of carbonyl (C=O) groups is 2. The normalized spacial score (nSPS) is 22.3. The van der Waals surface area contributed by atoms with Crippen LogP contribution in [0.3, 0.4) is 0 Å². The highest BCUT2D eigenvalue weighted by Gasteiger charge is 2.49. The molecule has 0 radical (unpaired) electrons. The molecule has 0 unspecified atom stereocenters. The predicted molar refractivity (Wildman–Crippen MR) is 77.9 cm³/mol. The fourth-order valence-electron chi connectivity index (χ4n) is 2.72. The van der Waals surface area contributed by atoms with Crippen LogP contribution in [0.15, 0.2) is 0 Å². The van der Waals surface area contributed by atoms with Crippen LogP contribution in [0.2, 0.25) is 0 Å². The standard InChI is InChI=1S/C15H26N2O4/c1-14(2,3)21-13(19)17-10-15(4,11-17)12(18)16-6-5-8-20-9-7-16/h5-11H2,1-4H3. The van der Waals surface area contributed by atoms with Crippen molar-refractivity contribution >= 4 is 12.0 Å². The first-order valence-electron chi connectivity index (χ1n) is 7.56. The van der Waals surface area contributed by atoms with Gasteiger partial charge in [0, 0.05) is 32.8 Å². The van der Waals surface area contributed by atoms with E-state index in [0.29, 0.717) is 32.8 Å². The molecule has 2 heterocycles. The van der Waals surface area contributed by atoms with Crippen LogP contribution in [0.4, 0.5) is 4.79 Å². The van der Waals surface area contributed by atoms with Crippen LogP contribution in [0.25, 0.3) is 0 Å². The highest BCUT2D eigenvalue weighted by Crippen LogP contribution is 2.33. The molecular weight excluding hydrogens is 272 g/mol. The van der Waals surface area contributed by atoms with Crippen molar-refractivity contribution in [3.05, 3.63) is 0 Å². The van der Waals surface area contributed by atoms with Crippen LogP contribution < -0.4 is 0 Å². The van der Waals surface area contributed by atoms with Crippen LogP contribution in [-0.2, 0) is 14.3 Å². The summed E-state index contributed by atoms with van der Waals surface area (Å²) in [7, 11) is 0. The third kappa shape index (κ3) is 3.87. The Bertz CT molecular complexity index is 402. The third-order valence-electron chi connectivity index (χ3n) is 3.76. The summed E-state index contributed by atoms with van der Waals surface area (Å²) in [5, 5.41) is 0. The quantitative estimate of drug-likeness (QED) is 0.736. The Morgan fingerprint density at radius 1 is 1.10 bits per heavy atom. The van der Waals surface area contributed by atoms with Gasteiger partial charge in [-0.1, -0.05) is 0 Å². The van der Waals surface area contributed by atoms with Gasteiger partial charge >= 0.3 is 6.09 Å². The summed E-state index contributed by atoms with van der Waals surface area (Å²) in [6.45, 7) is 11.0. The summed E-state index contributed by atoms with van der Waals surface area (Å²) in [6, 6.07) is 0. The Hall–Kier alpha value is -1.30. The number of rotatable bonds is 1. The largest absolute Gasteiger partial charge is 0.444 e. The SMILES string of the molecule is CC(C)(C)OC(=O)N1CC(C)(C(=O)N2CCCOCC2)C1. The van der Waals surface area contributed by atoms with Gasteiger partial charge in [-0.2, -0.15) is 0 Å². The van der Waals surface area contributed by atoms with Gasteiger partial charge in [-0.15, -0.1) is 0 Å². The van der Waals surface area contributed by atoms with E-state index in [2.05, 4.69) is 0 Å². The first-order valence-corrected chi connectivity index (χ1v) is 7.56. The van der Waals surface area contributed by atoms with E-state index in [1.807, 2.05) is 32.6 Å². The minimum atomic E-state index is -0.505. The fraction of sp³-hybridized carbons (Fsp3) is 0.867. The summed E-state index contributed by atoms with van der Waals surface area (Å²) >= 11 is 0. The number of likely N-dealkylation sites (tertiary alicyclic amines) is 1. The monoisotopic (exact) mass is 298 g/mol. The van der Waals surface area contributed by atoms with Crippen molar-refractivity contribution in [1.29, 1.82) is 0 Å². The maximum Gasteiger partial charge on any atom is 0.410 e. The van der Waals surface area contributed by atoms with E-state index >= 15 is 0 Å². The molecule has 2 amide bonds. The van der Waals surface area contributed by atoms with Gasteiger partial charge in [0.25, 0.3) is 0 Å². The lowest BCUT2D eigenvalue weighted by Crippen LogP contribution is -2.64. The van der Waals surface area contributed by atoms with Crippen molar-refractivity contribution in [3.63, 3.8) is 0 Å². The molecule has 6 nitrogen and oxygen atoms in total. The van der Waals surface area contributed by atoms with Crippen molar-refractivity contribution in [1.82, 2.24) is 9.80 Å². The molecule has 2 aliphatic rings. The zero-order chi connectivity index (χ0) is 15.7. The molecule has 0 aromatic heterocycles. The molecule has 2 saturated heterocycles. The Kier molecular flexibility index (Phi) is 4.46. The number of carbonyl (C=O) groups excluding carboxylic acids is 2. The molecule has 0 saturated carbocycles. The second-order valence-electron chi connectivity index (χ2n) is 7.16. The second-order valence-corrected chi connectivity index (χ2v) is 7.16. The molecule has 120 valence electrons. The molecule has 0 N–H and O–H groups in total. The minimum Gasteiger partial charge on any atom is -0.444 e. The van der Waals surface area contributed by atoms with Crippen molar-refractivity contribution in [2.45, 2.75) is 39.7 Å². The average molecular weight is 298 g/mol. The minimum absolute atomic E-state index is 0.118. The van der Waals surface area contributed by atoms with E-state index in [4.69, 9.17) is 9.47 Å². The van der Waals surface area contributed by atoms with Crippen molar-refractivity contribution in [2.24, 2.45) is 5.41 Å². The zero-order valence-electron chi connectivity index (χ0n) is 13.5. The van der Waals surface area contributed by atoms with E-state index in [9.17, 15) is 9.59 Å². The highest BCUT2D eigenvalue weighted by atomic mass is 16.6. The summed E-state index contributed by atoms with van der Waals surface area (Å²) in [5.41, 5.74) is -0.990. The van der Waals surface area contributed by atoms with Gasteiger partial charge in [0.2, 0.25) is 5.91 Å². The van der Waals surface area contributed by atoms with Gasteiger partial charge in [-0.05, 0) is 34.1 Å². The van der Waals surface area contributed by atoms with Crippen LogP contribution in [-0.4, -0.2) is 66.8 Å². The molecule has 0 bridgehead atoms. The Balaban J connectivity index is 1.88. The van der Waals surface area contributed by atoms with E-state index in [-0.39, 0.29) is 12.0 Å². The lowest BCUT2D eigenvalue weighted by molar-refractivity contribution is -0.150. The lowest BCUT2D eigenvalue weighted by Gasteiger charge is -2.48. The van der Waals surface area contributed by atoms with Crippen LogP contribution in [0.5, 0.6) is 0 Å². The molecule has 21 heavy (non-hydrogen) atoms. The van der Waals surface area contributed by atoms with Crippen LogP contribution in [0, 0.1) is 5.41 Å². The second kappa shape index (κ2) is 5.83. The molecule has 0 aromatic carbocycles. The topological polar surface area (TPSA) is 59.1 Å². The first kappa shape index (κ1) is 16.1. The Morgan fingerprint density at radius 2 is 1.76 bits per heavy atom. The average Bonchev–Trinajstić information content (AvgIpc) is 2.60. The van der Waals surface area contributed by atoms with Gasteiger partial charge in [0.15, 0.2) is 0 Å². The molecule has 0 aromatic rings. The third-order valence-corrected chi connectivity index (χ3v) is 3.76. The fourth-order valence-corrected chi connectivity index (χ4v) is 2.72. The van der Waals surface area contributed by atoms with Gasteiger partial charge in [-0.3, -0.25) is 4.79 Å². The number of nitrogens with zero attached hydrogens (tertiary/aromatic N) is 2. The Labute approximate surface area is 126 Å². The lowest BCUT2D eigenvalue weighted by atomic mass is 9.80. The predicted octanol–water partition coefficient (Wildman–Crippen LogP) is 1.49. The van der Waals surface area contributed by atoms with E-state index in [0.717, 1.165) is 13.0 Å². The maximum atomic E-state index is 12.6. The van der Waals surface area contributed by atoms with E-state index < -0.39 is 11.0 Å². The highest BCUT2D eigenvalue weighted by molar-refractivity contribution is 5.86. The molecule has 0 atom stereocenters.